The summed E-state index contributed by atoms with van der Waals surface area (Å²) in [6.45, 7) is 5.45. The van der Waals surface area contributed by atoms with Gasteiger partial charge in [-0.3, -0.25) is 4.79 Å². The molecular weight excluding hydrogens is 432 g/mol. The Morgan fingerprint density at radius 2 is 1.79 bits per heavy atom. The molecule has 0 atom stereocenters. The molecule has 7 heteroatoms. The molecule has 4 aromatic rings. The molecule has 2 aromatic heterocycles. The molecule has 1 saturated heterocycles. The molecule has 168 valence electrons. The number of ether oxygens (including phenoxy) is 1. The SMILES string of the molecule is Cc1ccc(OC2CCN(C(=O)c3nc(-c4cccs4)n(-c4ccccc4)n3)CC2)cc1C. The van der Waals surface area contributed by atoms with Crippen molar-refractivity contribution in [2.75, 3.05) is 13.1 Å². The number of para-hydroxylation sites is 1. The number of hydrogen-bond donors (Lipinski definition) is 0. The highest BCUT2D eigenvalue weighted by atomic mass is 32.1. The normalized spacial score (nSPS) is 14.4. The summed E-state index contributed by atoms with van der Waals surface area (Å²) in [4.78, 5) is 20.7. The van der Waals surface area contributed by atoms with Gasteiger partial charge >= 0.3 is 0 Å². The summed E-state index contributed by atoms with van der Waals surface area (Å²) in [5.41, 5.74) is 3.36. The summed E-state index contributed by atoms with van der Waals surface area (Å²) in [6.07, 6.45) is 1.68. The summed E-state index contributed by atoms with van der Waals surface area (Å²) < 4.78 is 7.94. The van der Waals surface area contributed by atoms with Crippen LogP contribution in [0.4, 0.5) is 0 Å². The maximum atomic E-state index is 13.3. The standard InChI is InChI=1S/C26H26N4O2S/c1-18-10-11-22(17-19(18)2)32-21-12-14-29(15-13-21)26(31)24-27-25(23-9-6-16-33-23)30(28-24)20-7-4-3-5-8-20/h3-11,16-17,21H,12-15H2,1-2H3. The summed E-state index contributed by atoms with van der Waals surface area (Å²) in [6, 6.07) is 20.0. The number of carbonyl (C=O) groups is 1. The Morgan fingerprint density at radius 1 is 1.00 bits per heavy atom. The van der Waals surface area contributed by atoms with Crippen LogP contribution >= 0.6 is 11.3 Å². The van der Waals surface area contributed by atoms with Crippen molar-refractivity contribution in [1.82, 2.24) is 19.7 Å². The van der Waals surface area contributed by atoms with Crippen molar-refractivity contribution >= 4 is 17.2 Å². The summed E-state index contributed by atoms with van der Waals surface area (Å²) in [7, 11) is 0. The van der Waals surface area contributed by atoms with Crippen LogP contribution in [0.25, 0.3) is 16.4 Å². The number of amides is 1. The van der Waals surface area contributed by atoms with E-state index in [4.69, 9.17) is 4.74 Å². The van der Waals surface area contributed by atoms with E-state index in [9.17, 15) is 4.79 Å². The van der Waals surface area contributed by atoms with Crippen LogP contribution in [0.15, 0.2) is 66.0 Å². The number of aromatic nitrogens is 3. The van der Waals surface area contributed by atoms with Gasteiger partial charge in [-0.2, -0.15) is 0 Å². The van der Waals surface area contributed by atoms with E-state index in [1.165, 1.54) is 11.1 Å². The molecular formula is C26H26N4O2S. The van der Waals surface area contributed by atoms with Crippen LogP contribution in [0.5, 0.6) is 5.75 Å². The van der Waals surface area contributed by atoms with Crippen molar-refractivity contribution in [3.8, 4) is 22.1 Å². The van der Waals surface area contributed by atoms with Gasteiger partial charge < -0.3 is 9.64 Å². The van der Waals surface area contributed by atoms with E-state index in [1.54, 1.807) is 16.0 Å². The van der Waals surface area contributed by atoms with Crippen LogP contribution in [0.3, 0.4) is 0 Å². The van der Waals surface area contributed by atoms with Crippen molar-refractivity contribution in [3.05, 3.63) is 83.0 Å². The lowest BCUT2D eigenvalue weighted by molar-refractivity contribution is 0.0584. The van der Waals surface area contributed by atoms with Gasteiger partial charge in [0.2, 0.25) is 5.82 Å². The average molecular weight is 459 g/mol. The number of hydrogen-bond acceptors (Lipinski definition) is 5. The molecule has 0 unspecified atom stereocenters. The minimum Gasteiger partial charge on any atom is -0.490 e. The van der Waals surface area contributed by atoms with Gasteiger partial charge in [-0.25, -0.2) is 9.67 Å². The number of benzene rings is 2. The smallest absolute Gasteiger partial charge is 0.293 e. The van der Waals surface area contributed by atoms with E-state index in [-0.39, 0.29) is 17.8 Å². The molecule has 3 heterocycles. The van der Waals surface area contributed by atoms with Gasteiger partial charge in [-0.1, -0.05) is 30.3 Å². The number of aryl methyl sites for hydroxylation is 2. The predicted molar refractivity (Wildman–Crippen MR) is 130 cm³/mol. The molecule has 0 N–H and O–H groups in total. The molecule has 5 rings (SSSR count). The van der Waals surface area contributed by atoms with Crippen molar-refractivity contribution in [2.45, 2.75) is 32.8 Å². The van der Waals surface area contributed by atoms with Crippen molar-refractivity contribution in [1.29, 1.82) is 0 Å². The summed E-state index contributed by atoms with van der Waals surface area (Å²) >= 11 is 1.58. The van der Waals surface area contributed by atoms with E-state index in [0.717, 1.165) is 29.2 Å². The Labute approximate surface area is 197 Å². The number of carbonyl (C=O) groups excluding carboxylic acids is 1. The Bertz CT molecular complexity index is 1240. The van der Waals surface area contributed by atoms with Crippen LogP contribution in [0, 0.1) is 13.8 Å². The topological polar surface area (TPSA) is 60.2 Å². The van der Waals surface area contributed by atoms with Crippen LogP contribution in [-0.4, -0.2) is 44.8 Å². The average Bonchev–Trinajstić information content (AvgIpc) is 3.52. The minimum atomic E-state index is -0.132. The third kappa shape index (κ3) is 4.54. The first-order chi connectivity index (χ1) is 16.1. The van der Waals surface area contributed by atoms with Gasteiger partial charge in [-0.15, -0.1) is 16.4 Å². The third-order valence-corrected chi connectivity index (χ3v) is 6.92. The number of piperidine rings is 1. The molecule has 2 aromatic carbocycles. The highest BCUT2D eigenvalue weighted by Crippen LogP contribution is 2.27. The maximum Gasteiger partial charge on any atom is 0.293 e. The van der Waals surface area contributed by atoms with Gasteiger partial charge in [0.1, 0.15) is 11.9 Å². The molecule has 0 aliphatic carbocycles. The summed E-state index contributed by atoms with van der Waals surface area (Å²) in [5.74, 6) is 1.68. The highest BCUT2D eigenvalue weighted by molar-refractivity contribution is 7.13. The second-order valence-corrected chi connectivity index (χ2v) is 9.29. The zero-order valence-corrected chi connectivity index (χ0v) is 19.6. The molecule has 1 amide bonds. The van der Waals surface area contributed by atoms with Crippen LogP contribution in [0.2, 0.25) is 0 Å². The first-order valence-corrected chi connectivity index (χ1v) is 12.1. The van der Waals surface area contributed by atoms with Gasteiger partial charge in [-0.05, 0) is 60.7 Å². The van der Waals surface area contributed by atoms with E-state index >= 15 is 0 Å². The van der Waals surface area contributed by atoms with Gasteiger partial charge in [0.25, 0.3) is 5.91 Å². The number of nitrogens with zero attached hydrogens (tertiary/aromatic N) is 4. The Hall–Kier alpha value is -3.45. The molecule has 6 nitrogen and oxygen atoms in total. The molecule has 0 radical (unpaired) electrons. The molecule has 0 saturated carbocycles. The van der Waals surface area contributed by atoms with Crippen molar-refractivity contribution in [3.63, 3.8) is 0 Å². The number of rotatable bonds is 5. The maximum absolute atomic E-state index is 13.3. The monoisotopic (exact) mass is 458 g/mol. The van der Waals surface area contributed by atoms with Gasteiger partial charge in [0.05, 0.1) is 10.6 Å². The zero-order valence-electron chi connectivity index (χ0n) is 18.8. The molecule has 33 heavy (non-hydrogen) atoms. The first kappa shape index (κ1) is 21.4. The Balaban J connectivity index is 1.30. The number of likely N-dealkylation sites (tertiary alicyclic amines) is 1. The molecule has 0 bridgehead atoms. The quantitative estimate of drug-likeness (QED) is 0.407. The second-order valence-electron chi connectivity index (χ2n) is 8.34. The van der Waals surface area contributed by atoms with E-state index in [0.29, 0.717) is 18.9 Å². The summed E-state index contributed by atoms with van der Waals surface area (Å²) in [5, 5.41) is 6.61. The Kier molecular flexibility index (Phi) is 5.96. The molecule has 0 spiro atoms. The highest BCUT2D eigenvalue weighted by Gasteiger charge is 2.28. The van der Waals surface area contributed by atoms with Gasteiger partial charge in [0, 0.05) is 25.9 Å². The van der Waals surface area contributed by atoms with E-state index in [2.05, 4.69) is 36.1 Å². The largest absolute Gasteiger partial charge is 0.490 e. The van der Waals surface area contributed by atoms with E-state index < -0.39 is 0 Å². The van der Waals surface area contributed by atoms with Crippen molar-refractivity contribution < 1.29 is 9.53 Å². The predicted octanol–water partition coefficient (Wildman–Crippen LogP) is 5.30. The molecule has 1 fully saturated rings. The fraction of sp³-hybridized carbons (Fsp3) is 0.269. The fourth-order valence-corrected chi connectivity index (χ4v) is 4.71. The molecule has 1 aliphatic heterocycles. The van der Waals surface area contributed by atoms with E-state index in [1.807, 2.05) is 58.8 Å². The fourth-order valence-electron chi connectivity index (χ4n) is 4.02. The second kappa shape index (κ2) is 9.19. The van der Waals surface area contributed by atoms with Crippen molar-refractivity contribution in [2.24, 2.45) is 0 Å². The first-order valence-electron chi connectivity index (χ1n) is 11.2. The van der Waals surface area contributed by atoms with Crippen LogP contribution in [-0.2, 0) is 0 Å². The number of thiophene rings is 1. The van der Waals surface area contributed by atoms with Gasteiger partial charge in [0.15, 0.2) is 5.82 Å². The molecule has 1 aliphatic rings. The minimum absolute atomic E-state index is 0.104. The third-order valence-electron chi connectivity index (χ3n) is 6.05. The lowest BCUT2D eigenvalue weighted by Gasteiger charge is -2.31. The van der Waals surface area contributed by atoms with Crippen LogP contribution < -0.4 is 4.74 Å². The lowest BCUT2D eigenvalue weighted by Crippen LogP contribution is -2.42. The lowest BCUT2D eigenvalue weighted by atomic mass is 10.1. The van der Waals surface area contributed by atoms with Crippen LogP contribution in [0.1, 0.15) is 34.6 Å². The Morgan fingerprint density at radius 3 is 2.48 bits per heavy atom. The zero-order chi connectivity index (χ0) is 22.8.